The molecule has 5 nitrogen and oxygen atoms in total. The number of nitrogens with zero attached hydrogens (tertiary/aromatic N) is 4. The van der Waals surface area contributed by atoms with Crippen molar-refractivity contribution >= 4 is 23.1 Å². The number of thiazole rings is 1. The number of ether oxygens (including phenoxy) is 1. The first-order valence-corrected chi connectivity index (χ1v) is 11.8. The van der Waals surface area contributed by atoms with Gasteiger partial charge in [-0.1, -0.05) is 55.1 Å². The van der Waals surface area contributed by atoms with E-state index in [1.54, 1.807) is 30.2 Å². The maximum Gasteiger partial charge on any atom is 0.191 e. The third kappa shape index (κ3) is 4.27. The Labute approximate surface area is 185 Å². The van der Waals surface area contributed by atoms with Crippen molar-refractivity contribution in [1.29, 1.82) is 0 Å². The Morgan fingerprint density at radius 3 is 2.57 bits per heavy atom. The van der Waals surface area contributed by atoms with Gasteiger partial charge in [-0.05, 0) is 31.0 Å². The van der Waals surface area contributed by atoms with Crippen LogP contribution in [0.4, 0.5) is 0 Å². The van der Waals surface area contributed by atoms with Gasteiger partial charge in [0.05, 0.1) is 18.4 Å². The zero-order chi connectivity index (χ0) is 20.9. The predicted molar refractivity (Wildman–Crippen MR) is 124 cm³/mol. The molecule has 0 aliphatic rings. The van der Waals surface area contributed by atoms with Crippen LogP contribution in [0.5, 0.6) is 5.75 Å². The molecule has 0 bridgehead atoms. The lowest BCUT2D eigenvalue weighted by molar-refractivity contribution is 0.416. The van der Waals surface area contributed by atoms with Crippen LogP contribution < -0.4 is 4.74 Å². The van der Waals surface area contributed by atoms with Crippen LogP contribution in [0.15, 0.2) is 59.1 Å². The lowest BCUT2D eigenvalue weighted by atomic mass is 10.1. The van der Waals surface area contributed by atoms with E-state index in [-0.39, 0.29) is 0 Å². The van der Waals surface area contributed by atoms with Gasteiger partial charge in [-0.25, -0.2) is 4.98 Å². The third-order valence-electron chi connectivity index (χ3n) is 4.89. The van der Waals surface area contributed by atoms with Gasteiger partial charge in [0.25, 0.3) is 0 Å². The number of hydrogen-bond donors (Lipinski definition) is 0. The second-order valence-electron chi connectivity index (χ2n) is 6.73. The van der Waals surface area contributed by atoms with Crippen LogP contribution in [-0.4, -0.2) is 26.9 Å². The van der Waals surface area contributed by atoms with E-state index in [9.17, 15) is 0 Å². The quantitative estimate of drug-likeness (QED) is 0.319. The summed E-state index contributed by atoms with van der Waals surface area (Å²) in [6, 6.07) is 16.6. The number of thioether (sulfide) groups is 1. The number of rotatable bonds is 8. The van der Waals surface area contributed by atoms with Crippen molar-refractivity contribution in [3.05, 3.63) is 65.2 Å². The van der Waals surface area contributed by atoms with Gasteiger partial charge >= 0.3 is 0 Å². The van der Waals surface area contributed by atoms with Crippen molar-refractivity contribution in [3.63, 3.8) is 0 Å². The number of aromatic nitrogens is 4. The Kier molecular flexibility index (Phi) is 6.50. The van der Waals surface area contributed by atoms with Gasteiger partial charge in [-0.3, -0.25) is 0 Å². The molecular weight excluding hydrogens is 412 g/mol. The molecule has 0 amide bonds. The minimum atomic E-state index is 0.758. The summed E-state index contributed by atoms with van der Waals surface area (Å²) in [5.74, 6) is 2.38. The molecule has 0 aliphatic carbocycles. The Hall–Kier alpha value is -2.64. The van der Waals surface area contributed by atoms with Gasteiger partial charge in [-0.2, -0.15) is 0 Å². The first-order chi connectivity index (χ1) is 14.7. The van der Waals surface area contributed by atoms with Crippen molar-refractivity contribution in [1.82, 2.24) is 19.7 Å². The highest BCUT2D eigenvalue weighted by molar-refractivity contribution is 7.98. The second-order valence-corrected chi connectivity index (χ2v) is 8.53. The SMILES string of the molecule is CCc1ccc(-c2nc(CSc3nnc(-c4ccccc4OC)n3CC)cs2)cc1. The van der Waals surface area contributed by atoms with Gasteiger partial charge in [-0.15, -0.1) is 21.5 Å². The average Bonchev–Trinajstić information content (AvgIpc) is 3.44. The maximum atomic E-state index is 5.50. The van der Waals surface area contributed by atoms with Gasteiger partial charge in [0.2, 0.25) is 0 Å². The van der Waals surface area contributed by atoms with E-state index >= 15 is 0 Å². The molecule has 0 aliphatic heterocycles. The summed E-state index contributed by atoms with van der Waals surface area (Å²) in [5, 5.41) is 12.9. The fraction of sp³-hybridized carbons (Fsp3) is 0.261. The van der Waals surface area contributed by atoms with Crippen LogP contribution in [-0.2, 0) is 18.7 Å². The molecule has 0 radical (unpaired) electrons. The number of hydrogen-bond acceptors (Lipinski definition) is 6. The molecule has 0 atom stereocenters. The largest absolute Gasteiger partial charge is 0.496 e. The van der Waals surface area contributed by atoms with Crippen molar-refractivity contribution in [3.8, 4) is 27.7 Å². The van der Waals surface area contributed by atoms with Gasteiger partial charge in [0.15, 0.2) is 11.0 Å². The molecule has 154 valence electrons. The van der Waals surface area contributed by atoms with E-state index in [4.69, 9.17) is 9.72 Å². The highest BCUT2D eigenvalue weighted by Crippen LogP contribution is 2.32. The second kappa shape index (κ2) is 9.45. The lowest BCUT2D eigenvalue weighted by Crippen LogP contribution is -2.01. The Morgan fingerprint density at radius 1 is 1.03 bits per heavy atom. The summed E-state index contributed by atoms with van der Waals surface area (Å²) in [5.41, 5.74) is 4.52. The van der Waals surface area contributed by atoms with Crippen molar-refractivity contribution in [2.24, 2.45) is 0 Å². The molecule has 2 aromatic heterocycles. The van der Waals surface area contributed by atoms with E-state index < -0.39 is 0 Å². The minimum Gasteiger partial charge on any atom is -0.496 e. The standard InChI is InChI=1S/C23H24N4OS2/c1-4-16-10-12-17(13-11-16)22-24-18(14-29-22)15-30-23-26-25-21(27(23)5-2)19-8-6-7-9-20(19)28-3/h6-14H,4-5,15H2,1-3H3. The van der Waals surface area contributed by atoms with Gasteiger partial charge < -0.3 is 9.30 Å². The molecule has 2 aromatic carbocycles. The van der Waals surface area contributed by atoms with Gasteiger partial charge in [0.1, 0.15) is 10.8 Å². The van der Waals surface area contributed by atoms with E-state index in [0.29, 0.717) is 0 Å². The monoisotopic (exact) mass is 436 g/mol. The van der Waals surface area contributed by atoms with Crippen LogP contribution in [0, 0.1) is 0 Å². The molecule has 0 saturated heterocycles. The topological polar surface area (TPSA) is 52.8 Å². The summed E-state index contributed by atoms with van der Waals surface area (Å²) in [7, 11) is 1.68. The van der Waals surface area contributed by atoms with Gasteiger partial charge in [0, 0.05) is 23.2 Å². The summed E-state index contributed by atoms with van der Waals surface area (Å²) in [6.45, 7) is 5.06. The molecule has 30 heavy (non-hydrogen) atoms. The normalized spacial score (nSPS) is 11.0. The average molecular weight is 437 g/mol. The first kappa shape index (κ1) is 20.6. The first-order valence-electron chi connectivity index (χ1n) is 9.96. The Balaban J connectivity index is 1.51. The fourth-order valence-electron chi connectivity index (χ4n) is 3.24. The fourth-order valence-corrected chi connectivity index (χ4v) is 5.06. The summed E-state index contributed by atoms with van der Waals surface area (Å²) in [6.07, 6.45) is 1.05. The zero-order valence-electron chi connectivity index (χ0n) is 17.3. The molecule has 7 heteroatoms. The van der Waals surface area contributed by atoms with Crippen LogP contribution >= 0.6 is 23.1 Å². The van der Waals surface area contributed by atoms with Crippen LogP contribution in [0.3, 0.4) is 0 Å². The Morgan fingerprint density at radius 2 is 1.83 bits per heavy atom. The molecular formula is C23H24N4OS2. The number of methoxy groups -OCH3 is 1. The van der Waals surface area contributed by atoms with Crippen molar-refractivity contribution in [2.45, 2.75) is 37.7 Å². The molecule has 0 unspecified atom stereocenters. The zero-order valence-corrected chi connectivity index (χ0v) is 19.0. The molecule has 0 spiro atoms. The number of para-hydroxylation sites is 1. The molecule has 4 aromatic rings. The predicted octanol–water partition coefficient (Wildman–Crippen LogP) is 5.95. The third-order valence-corrected chi connectivity index (χ3v) is 6.83. The van der Waals surface area contributed by atoms with Crippen LogP contribution in [0.1, 0.15) is 25.1 Å². The molecule has 0 fully saturated rings. The minimum absolute atomic E-state index is 0.758. The van der Waals surface area contributed by atoms with E-state index in [2.05, 4.69) is 58.3 Å². The maximum absolute atomic E-state index is 5.50. The molecule has 2 heterocycles. The Bertz CT molecular complexity index is 1120. The van der Waals surface area contributed by atoms with E-state index in [0.717, 1.165) is 51.7 Å². The van der Waals surface area contributed by atoms with Crippen LogP contribution in [0.2, 0.25) is 0 Å². The molecule has 0 saturated carbocycles. The highest BCUT2D eigenvalue weighted by atomic mass is 32.2. The van der Waals surface area contributed by atoms with Crippen LogP contribution in [0.25, 0.3) is 22.0 Å². The molecule has 4 rings (SSSR count). The number of aryl methyl sites for hydroxylation is 1. The van der Waals surface area contributed by atoms with Crippen molar-refractivity contribution < 1.29 is 4.74 Å². The summed E-state index contributed by atoms with van der Waals surface area (Å²) >= 11 is 3.35. The lowest BCUT2D eigenvalue weighted by Gasteiger charge is -2.10. The molecule has 0 N–H and O–H groups in total. The number of benzene rings is 2. The van der Waals surface area contributed by atoms with E-state index in [1.807, 2.05) is 24.3 Å². The van der Waals surface area contributed by atoms with E-state index in [1.165, 1.54) is 11.1 Å². The summed E-state index contributed by atoms with van der Waals surface area (Å²) < 4.78 is 7.62. The smallest absolute Gasteiger partial charge is 0.191 e. The highest BCUT2D eigenvalue weighted by Gasteiger charge is 2.17. The van der Waals surface area contributed by atoms with Crippen molar-refractivity contribution in [2.75, 3.05) is 7.11 Å². The summed E-state index contributed by atoms with van der Waals surface area (Å²) in [4.78, 5) is 4.82.